The summed E-state index contributed by atoms with van der Waals surface area (Å²) >= 11 is 0. The molecule has 0 bridgehead atoms. The third kappa shape index (κ3) is 3.37. The minimum atomic E-state index is 0.0588. The molecule has 4 rings (SSSR count). The van der Waals surface area contributed by atoms with E-state index in [9.17, 15) is 5.11 Å². The van der Waals surface area contributed by atoms with Crippen LogP contribution in [0.5, 0.6) is 5.75 Å². The van der Waals surface area contributed by atoms with Crippen LogP contribution >= 0.6 is 0 Å². The normalized spacial score (nSPS) is 10.6. The molecule has 0 unspecified atom stereocenters. The number of para-hydroxylation sites is 1. The van der Waals surface area contributed by atoms with Gasteiger partial charge in [0.2, 0.25) is 0 Å². The van der Waals surface area contributed by atoms with E-state index >= 15 is 0 Å². The maximum atomic E-state index is 13.4. The average molecular weight is 364 g/mol. The van der Waals surface area contributed by atoms with Crippen LogP contribution in [-0.4, -0.2) is 14.1 Å². The van der Waals surface area contributed by atoms with Crippen molar-refractivity contribution < 1.29 is 5.11 Å². The molecule has 0 spiro atoms. The first-order valence-corrected chi connectivity index (χ1v) is 9.38. The van der Waals surface area contributed by atoms with Crippen LogP contribution in [0.4, 0.5) is 5.69 Å². The second kappa shape index (κ2) is 7.61. The molecule has 4 aromatic carbocycles. The third-order valence-corrected chi connectivity index (χ3v) is 4.96. The van der Waals surface area contributed by atoms with Gasteiger partial charge in [0.05, 0.1) is 0 Å². The Kier molecular flexibility index (Phi) is 4.86. The van der Waals surface area contributed by atoms with Crippen LogP contribution in [0.1, 0.15) is 0 Å². The highest BCUT2D eigenvalue weighted by Gasteiger charge is 2.17. The maximum absolute atomic E-state index is 13.4. The van der Waals surface area contributed by atoms with Crippen LogP contribution in [0.15, 0.2) is 97.1 Å². The van der Waals surface area contributed by atoms with Gasteiger partial charge in [-0.3, -0.25) is 5.11 Å². The molecular weight excluding hydrogens is 342 g/mol. The molecule has 0 atom stereocenters. The minimum absolute atomic E-state index is 0.0588. The Bertz CT molecular complexity index is 1030. The fourth-order valence-electron chi connectivity index (χ4n) is 3.56. The highest BCUT2D eigenvalue weighted by molar-refractivity contribution is 5.90. The van der Waals surface area contributed by atoms with Crippen LogP contribution in [-0.2, 0) is 5.11 Å². The van der Waals surface area contributed by atoms with E-state index < -0.39 is 0 Å². The van der Waals surface area contributed by atoms with Gasteiger partial charge in [0.1, 0.15) is 0 Å². The smallest absolute Gasteiger partial charge is 0.194 e. The molecule has 2 heteroatoms. The standard InChI is InChI=1S/C26H22NO/c1-27(2)25-16-10-9-15-22(25)21-17-23(19-11-5-3-6-12-19)26(28)24(18-21)20-13-7-4-8-14-20/h3-18H,1-2H3. The number of anilines is 1. The fraction of sp³-hybridized carbons (Fsp3) is 0.0769. The Labute approximate surface area is 166 Å². The molecule has 0 aliphatic rings. The van der Waals surface area contributed by atoms with Crippen LogP contribution in [0.2, 0.25) is 0 Å². The summed E-state index contributed by atoms with van der Waals surface area (Å²) in [7, 11) is 4.08. The summed E-state index contributed by atoms with van der Waals surface area (Å²) in [5.41, 5.74) is 6.61. The summed E-state index contributed by atoms with van der Waals surface area (Å²) in [4.78, 5) is 2.10. The van der Waals surface area contributed by atoms with Gasteiger partial charge in [-0.2, -0.15) is 0 Å². The number of rotatable bonds is 4. The highest BCUT2D eigenvalue weighted by Crippen LogP contribution is 2.43. The van der Waals surface area contributed by atoms with Crippen LogP contribution in [0.25, 0.3) is 33.4 Å². The molecule has 0 heterocycles. The molecule has 0 aromatic heterocycles. The number of nitrogens with zero attached hydrogens (tertiary/aromatic N) is 1. The van der Waals surface area contributed by atoms with Crippen molar-refractivity contribution in [1.29, 1.82) is 0 Å². The molecule has 28 heavy (non-hydrogen) atoms. The lowest BCUT2D eigenvalue weighted by molar-refractivity contribution is 0.358. The molecule has 1 radical (unpaired) electrons. The lowest BCUT2D eigenvalue weighted by Crippen LogP contribution is -2.09. The highest BCUT2D eigenvalue weighted by atomic mass is 16.3. The molecule has 0 saturated heterocycles. The largest absolute Gasteiger partial charge is 0.377 e. The van der Waals surface area contributed by atoms with E-state index in [0.29, 0.717) is 0 Å². The topological polar surface area (TPSA) is 23.1 Å². The summed E-state index contributed by atoms with van der Waals surface area (Å²) in [6.07, 6.45) is 0. The molecular formula is C26H22NO. The van der Waals surface area contributed by atoms with Crippen molar-refractivity contribution in [2.75, 3.05) is 19.0 Å². The van der Waals surface area contributed by atoms with Crippen molar-refractivity contribution in [3.63, 3.8) is 0 Å². The maximum Gasteiger partial charge on any atom is 0.194 e. The van der Waals surface area contributed by atoms with E-state index in [2.05, 4.69) is 17.0 Å². The van der Waals surface area contributed by atoms with Crippen LogP contribution in [0.3, 0.4) is 0 Å². The van der Waals surface area contributed by atoms with Crippen molar-refractivity contribution in [1.82, 2.24) is 0 Å². The van der Waals surface area contributed by atoms with Crippen molar-refractivity contribution >= 4 is 5.69 Å². The molecule has 4 aromatic rings. The summed E-state index contributed by atoms with van der Waals surface area (Å²) in [5, 5.41) is 13.4. The second-order valence-electron chi connectivity index (χ2n) is 7.04. The SMILES string of the molecule is CN(C)c1ccccc1-c1cc(-c2ccccc2)c([O])c(-c2ccccc2)c1. The Morgan fingerprint density at radius 2 is 1.00 bits per heavy atom. The third-order valence-electron chi connectivity index (χ3n) is 4.96. The molecule has 0 N–H and O–H groups in total. The monoisotopic (exact) mass is 364 g/mol. The predicted octanol–water partition coefficient (Wildman–Crippen LogP) is 6.90. The van der Waals surface area contributed by atoms with Gasteiger partial charge in [-0.05, 0) is 34.9 Å². The zero-order chi connectivity index (χ0) is 19.5. The minimum Gasteiger partial charge on any atom is -0.377 e. The van der Waals surface area contributed by atoms with Crippen molar-refractivity contribution in [3.05, 3.63) is 97.1 Å². The van der Waals surface area contributed by atoms with Gasteiger partial charge in [-0.25, -0.2) is 0 Å². The van der Waals surface area contributed by atoms with Gasteiger partial charge < -0.3 is 4.90 Å². The van der Waals surface area contributed by atoms with E-state index in [1.165, 1.54) is 0 Å². The van der Waals surface area contributed by atoms with Gasteiger partial charge in [0.15, 0.2) is 5.75 Å². The fourth-order valence-corrected chi connectivity index (χ4v) is 3.56. The number of hydrogen-bond donors (Lipinski definition) is 0. The van der Waals surface area contributed by atoms with E-state index in [1.807, 2.05) is 99.0 Å². The molecule has 0 aliphatic heterocycles. The summed E-state index contributed by atoms with van der Waals surface area (Å²) in [5.74, 6) is 0.0588. The lowest BCUT2D eigenvalue weighted by Gasteiger charge is -2.19. The van der Waals surface area contributed by atoms with Gasteiger partial charge in [0, 0.05) is 36.5 Å². The van der Waals surface area contributed by atoms with Gasteiger partial charge in [-0.1, -0.05) is 78.9 Å². The average Bonchev–Trinajstić information content (AvgIpc) is 2.75. The van der Waals surface area contributed by atoms with Gasteiger partial charge in [-0.15, -0.1) is 0 Å². The van der Waals surface area contributed by atoms with Crippen LogP contribution in [0, 0.1) is 0 Å². The first-order valence-electron chi connectivity index (χ1n) is 9.38. The van der Waals surface area contributed by atoms with E-state index in [4.69, 9.17) is 0 Å². The molecule has 137 valence electrons. The molecule has 0 fully saturated rings. The number of benzene rings is 4. The summed E-state index contributed by atoms with van der Waals surface area (Å²) in [6, 6.07) is 32.1. The Morgan fingerprint density at radius 1 is 0.536 bits per heavy atom. The summed E-state index contributed by atoms with van der Waals surface area (Å²) in [6.45, 7) is 0. The number of hydrogen-bond acceptors (Lipinski definition) is 1. The van der Waals surface area contributed by atoms with Crippen molar-refractivity contribution in [2.24, 2.45) is 0 Å². The predicted molar refractivity (Wildman–Crippen MR) is 117 cm³/mol. The zero-order valence-corrected chi connectivity index (χ0v) is 16.1. The quantitative estimate of drug-likeness (QED) is 0.386. The molecule has 2 nitrogen and oxygen atoms in total. The van der Waals surface area contributed by atoms with Crippen molar-refractivity contribution in [3.8, 4) is 39.1 Å². The van der Waals surface area contributed by atoms with Gasteiger partial charge in [0.25, 0.3) is 0 Å². The van der Waals surface area contributed by atoms with Crippen LogP contribution < -0.4 is 4.90 Å². The first kappa shape index (κ1) is 17.9. The molecule has 0 aliphatic carbocycles. The lowest BCUT2D eigenvalue weighted by atomic mass is 9.91. The van der Waals surface area contributed by atoms with E-state index in [-0.39, 0.29) is 5.75 Å². The Hall–Kier alpha value is -3.52. The molecule has 0 saturated carbocycles. The van der Waals surface area contributed by atoms with E-state index in [0.717, 1.165) is 39.1 Å². The Balaban J connectivity index is 2.01. The summed E-state index contributed by atoms with van der Waals surface area (Å²) < 4.78 is 0. The van der Waals surface area contributed by atoms with Gasteiger partial charge >= 0.3 is 0 Å². The second-order valence-corrected chi connectivity index (χ2v) is 7.04. The zero-order valence-electron chi connectivity index (χ0n) is 16.1. The molecule has 0 amide bonds. The van der Waals surface area contributed by atoms with E-state index in [1.54, 1.807) is 0 Å². The first-order chi connectivity index (χ1) is 13.6. The van der Waals surface area contributed by atoms with Crippen molar-refractivity contribution in [2.45, 2.75) is 0 Å². The Morgan fingerprint density at radius 3 is 1.50 bits per heavy atom.